The zero-order chi connectivity index (χ0) is 17.8. The third-order valence-corrected chi connectivity index (χ3v) is 4.54. The minimum Gasteiger partial charge on any atom is -0.363 e. The molecule has 2 aromatic carbocycles. The highest BCUT2D eigenvalue weighted by Gasteiger charge is 2.24. The Kier molecular flexibility index (Phi) is 5.17. The minimum atomic E-state index is -0.394. The predicted molar refractivity (Wildman–Crippen MR) is 96.8 cm³/mol. The first-order valence-electron chi connectivity index (χ1n) is 7.97. The fourth-order valence-corrected chi connectivity index (χ4v) is 3.25. The van der Waals surface area contributed by atoms with Crippen molar-refractivity contribution in [2.75, 3.05) is 31.1 Å². The third kappa shape index (κ3) is 4.08. The molecule has 0 aromatic heterocycles. The summed E-state index contributed by atoms with van der Waals surface area (Å²) < 4.78 is 0. The molecule has 1 aliphatic rings. The molecule has 0 unspecified atom stereocenters. The molecule has 3 rings (SSSR count). The van der Waals surface area contributed by atoms with Gasteiger partial charge in [-0.05, 0) is 29.8 Å². The lowest BCUT2D eigenvalue weighted by Gasteiger charge is -2.35. The smallest absolute Gasteiger partial charge is 0.292 e. The SMILES string of the molecule is N#Cc1ccc([N+](=O)[O-])c(N2CCN(Cc3cccc(Cl)c3)CC2)c1. The second-order valence-electron chi connectivity index (χ2n) is 5.97. The van der Waals surface area contributed by atoms with Gasteiger partial charge in [-0.15, -0.1) is 0 Å². The summed E-state index contributed by atoms with van der Waals surface area (Å²) >= 11 is 6.02. The average molecular weight is 357 g/mol. The molecule has 7 heteroatoms. The molecule has 2 aromatic rings. The molecule has 0 radical (unpaired) electrons. The van der Waals surface area contributed by atoms with Gasteiger partial charge in [0, 0.05) is 43.8 Å². The van der Waals surface area contributed by atoms with Gasteiger partial charge in [-0.3, -0.25) is 15.0 Å². The van der Waals surface area contributed by atoms with Crippen molar-refractivity contribution in [3.8, 4) is 6.07 Å². The summed E-state index contributed by atoms with van der Waals surface area (Å²) in [6.07, 6.45) is 0. The van der Waals surface area contributed by atoms with Crippen LogP contribution in [0.2, 0.25) is 5.02 Å². The van der Waals surface area contributed by atoms with Crippen LogP contribution in [-0.2, 0) is 6.54 Å². The Morgan fingerprint density at radius 1 is 1.16 bits per heavy atom. The van der Waals surface area contributed by atoms with Crippen LogP contribution in [0.4, 0.5) is 11.4 Å². The van der Waals surface area contributed by atoms with Crippen molar-refractivity contribution in [1.82, 2.24) is 4.90 Å². The Labute approximate surface area is 151 Å². The first-order valence-corrected chi connectivity index (χ1v) is 8.35. The molecule has 1 heterocycles. The zero-order valence-corrected chi connectivity index (χ0v) is 14.3. The van der Waals surface area contributed by atoms with Crippen molar-refractivity contribution >= 4 is 23.0 Å². The number of anilines is 1. The van der Waals surface area contributed by atoms with Crippen LogP contribution in [0.25, 0.3) is 0 Å². The van der Waals surface area contributed by atoms with Crippen LogP contribution in [-0.4, -0.2) is 36.0 Å². The van der Waals surface area contributed by atoms with Crippen LogP contribution < -0.4 is 4.90 Å². The molecular formula is C18H17ClN4O2. The van der Waals surface area contributed by atoms with Gasteiger partial charge in [-0.25, -0.2) is 0 Å². The second kappa shape index (κ2) is 7.51. The van der Waals surface area contributed by atoms with E-state index in [1.807, 2.05) is 35.2 Å². The summed E-state index contributed by atoms with van der Waals surface area (Å²) in [6.45, 7) is 3.74. The standard InChI is InChI=1S/C18H17ClN4O2/c19-16-3-1-2-15(10-16)13-21-6-8-22(9-7-21)18-11-14(12-20)4-5-17(18)23(24)25/h1-5,10-11H,6-9,13H2. The molecule has 0 bridgehead atoms. The number of nitro groups is 1. The largest absolute Gasteiger partial charge is 0.363 e. The monoisotopic (exact) mass is 356 g/mol. The van der Waals surface area contributed by atoms with E-state index in [0.29, 0.717) is 24.3 Å². The van der Waals surface area contributed by atoms with Crippen molar-refractivity contribution in [3.63, 3.8) is 0 Å². The number of hydrogen-bond acceptors (Lipinski definition) is 5. The van der Waals surface area contributed by atoms with Gasteiger partial charge in [0.25, 0.3) is 5.69 Å². The summed E-state index contributed by atoms with van der Waals surface area (Å²) in [5, 5.41) is 21.1. The van der Waals surface area contributed by atoms with Crippen LogP contribution in [0.15, 0.2) is 42.5 Å². The molecular weight excluding hydrogens is 340 g/mol. The first-order chi connectivity index (χ1) is 12.1. The minimum absolute atomic E-state index is 0.0438. The van der Waals surface area contributed by atoms with E-state index in [2.05, 4.69) is 4.90 Å². The Balaban J connectivity index is 1.70. The van der Waals surface area contributed by atoms with Gasteiger partial charge in [0.1, 0.15) is 5.69 Å². The number of rotatable bonds is 4. The Hall–Kier alpha value is -2.62. The Morgan fingerprint density at radius 3 is 2.56 bits per heavy atom. The number of hydrogen-bond donors (Lipinski definition) is 0. The van der Waals surface area contributed by atoms with E-state index < -0.39 is 4.92 Å². The summed E-state index contributed by atoms with van der Waals surface area (Å²) in [4.78, 5) is 15.2. The van der Waals surface area contributed by atoms with Gasteiger partial charge in [0.05, 0.1) is 16.6 Å². The number of piperazine rings is 1. The molecule has 0 atom stereocenters. The number of nitro benzene ring substituents is 1. The molecule has 1 aliphatic heterocycles. The van der Waals surface area contributed by atoms with E-state index >= 15 is 0 Å². The number of nitriles is 1. The number of nitrogens with zero attached hydrogens (tertiary/aromatic N) is 4. The average Bonchev–Trinajstić information content (AvgIpc) is 2.62. The first kappa shape index (κ1) is 17.2. The van der Waals surface area contributed by atoms with Crippen LogP contribution in [0.3, 0.4) is 0 Å². The zero-order valence-electron chi connectivity index (χ0n) is 13.6. The van der Waals surface area contributed by atoms with Crippen molar-refractivity contribution in [2.24, 2.45) is 0 Å². The van der Waals surface area contributed by atoms with Gasteiger partial charge in [0.2, 0.25) is 0 Å². The molecule has 0 spiro atoms. The van der Waals surface area contributed by atoms with E-state index in [1.165, 1.54) is 12.1 Å². The summed E-state index contributed by atoms with van der Waals surface area (Å²) in [5.74, 6) is 0. The van der Waals surface area contributed by atoms with Crippen molar-refractivity contribution in [1.29, 1.82) is 5.26 Å². The maximum absolute atomic E-state index is 11.3. The molecule has 128 valence electrons. The molecule has 0 amide bonds. The van der Waals surface area contributed by atoms with Gasteiger partial charge in [0.15, 0.2) is 0 Å². The van der Waals surface area contributed by atoms with E-state index in [0.717, 1.165) is 30.2 Å². The molecule has 1 fully saturated rings. The van der Waals surface area contributed by atoms with Gasteiger partial charge < -0.3 is 4.90 Å². The maximum atomic E-state index is 11.3. The van der Waals surface area contributed by atoms with Crippen molar-refractivity contribution < 1.29 is 4.92 Å². The molecule has 0 aliphatic carbocycles. The van der Waals surface area contributed by atoms with E-state index in [-0.39, 0.29) is 5.69 Å². The molecule has 0 saturated carbocycles. The maximum Gasteiger partial charge on any atom is 0.292 e. The lowest BCUT2D eigenvalue weighted by Crippen LogP contribution is -2.46. The van der Waals surface area contributed by atoms with Gasteiger partial charge in [-0.1, -0.05) is 23.7 Å². The van der Waals surface area contributed by atoms with Crippen molar-refractivity contribution in [2.45, 2.75) is 6.54 Å². The predicted octanol–water partition coefficient (Wildman–Crippen LogP) is 3.44. The van der Waals surface area contributed by atoms with Crippen LogP contribution >= 0.6 is 11.6 Å². The fourth-order valence-electron chi connectivity index (χ4n) is 3.04. The topological polar surface area (TPSA) is 73.4 Å². The highest BCUT2D eigenvalue weighted by Crippen LogP contribution is 2.30. The van der Waals surface area contributed by atoms with E-state index in [1.54, 1.807) is 6.07 Å². The van der Waals surface area contributed by atoms with E-state index in [4.69, 9.17) is 16.9 Å². The highest BCUT2D eigenvalue weighted by atomic mass is 35.5. The quantitative estimate of drug-likeness (QED) is 0.619. The normalized spacial score (nSPS) is 15.0. The molecule has 0 N–H and O–H groups in total. The number of benzene rings is 2. The van der Waals surface area contributed by atoms with Gasteiger partial charge in [-0.2, -0.15) is 5.26 Å². The second-order valence-corrected chi connectivity index (χ2v) is 6.40. The lowest BCUT2D eigenvalue weighted by molar-refractivity contribution is -0.384. The van der Waals surface area contributed by atoms with Crippen LogP contribution in [0.5, 0.6) is 0 Å². The summed E-state index contributed by atoms with van der Waals surface area (Å²) in [7, 11) is 0. The number of halogens is 1. The molecule has 1 saturated heterocycles. The molecule has 6 nitrogen and oxygen atoms in total. The van der Waals surface area contributed by atoms with Crippen LogP contribution in [0, 0.1) is 21.4 Å². The van der Waals surface area contributed by atoms with E-state index in [9.17, 15) is 10.1 Å². The Morgan fingerprint density at radius 2 is 1.92 bits per heavy atom. The third-order valence-electron chi connectivity index (χ3n) is 4.31. The van der Waals surface area contributed by atoms with Crippen LogP contribution in [0.1, 0.15) is 11.1 Å². The summed E-state index contributed by atoms with van der Waals surface area (Å²) in [6, 6.07) is 14.3. The van der Waals surface area contributed by atoms with Gasteiger partial charge >= 0.3 is 0 Å². The lowest BCUT2D eigenvalue weighted by atomic mass is 10.1. The Bertz CT molecular complexity index is 826. The summed E-state index contributed by atoms with van der Waals surface area (Å²) in [5.41, 5.74) is 2.15. The fraction of sp³-hybridized carbons (Fsp3) is 0.278. The molecule has 25 heavy (non-hydrogen) atoms. The van der Waals surface area contributed by atoms with Crippen molar-refractivity contribution in [3.05, 3.63) is 68.7 Å². The highest BCUT2D eigenvalue weighted by molar-refractivity contribution is 6.30.